The SMILES string of the molecule is Cn1c(C2(C)CCCC2N)nc2ccc(F)cc21. The quantitative estimate of drug-likeness (QED) is 0.841. The molecule has 1 aromatic heterocycles. The zero-order chi connectivity index (χ0) is 12.9. The lowest BCUT2D eigenvalue weighted by Crippen LogP contribution is -2.40. The van der Waals surface area contributed by atoms with Crippen LogP contribution in [0.25, 0.3) is 11.0 Å². The number of nitrogens with zero attached hydrogens (tertiary/aromatic N) is 2. The highest BCUT2D eigenvalue weighted by Crippen LogP contribution is 2.40. The van der Waals surface area contributed by atoms with Crippen LogP contribution < -0.4 is 5.73 Å². The first-order valence-electron chi connectivity index (χ1n) is 6.40. The first-order valence-corrected chi connectivity index (χ1v) is 6.40. The van der Waals surface area contributed by atoms with Gasteiger partial charge in [0.25, 0.3) is 0 Å². The maximum Gasteiger partial charge on any atom is 0.125 e. The van der Waals surface area contributed by atoms with E-state index in [-0.39, 0.29) is 17.3 Å². The van der Waals surface area contributed by atoms with E-state index in [0.29, 0.717) is 0 Å². The largest absolute Gasteiger partial charge is 0.331 e. The molecule has 1 aromatic carbocycles. The summed E-state index contributed by atoms with van der Waals surface area (Å²) in [7, 11) is 1.94. The van der Waals surface area contributed by atoms with Crippen molar-refractivity contribution in [1.82, 2.24) is 9.55 Å². The number of halogens is 1. The summed E-state index contributed by atoms with van der Waals surface area (Å²) in [5, 5.41) is 0. The molecule has 0 spiro atoms. The third-order valence-electron chi connectivity index (χ3n) is 4.38. The topological polar surface area (TPSA) is 43.8 Å². The number of imidazole rings is 1. The molecule has 0 bridgehead atoms. The van der Waals surface area contributed by atoms with Crippen molar-refractivity contribution >= 4 is 11.0 Å². The number of aryl methyl sites for hydroxylation is 1. The zero-order valence-corrected chi connectivity index (χ0v) is 10.8. The van der Waals surface area contributed by atoms with E-state index in [4.69, 9.17) is 5.73 Å². The fourth-order valence-corrected chi connectivity index (χ4v) is 3.14. The number of rotatable bonds is 1. The molecule has 1 fully saturated rings. The molecule has 0 radical (unpaired) electrons. The predicted octanol–water partition coefficient (Wildman–Crippen LogP) is 2.48. The Morgan fingerprint density at radius 3 is 2.94 bits per heavy atom. The number of hydrogen-bond acceptors (Lipinski definition) is 2. The molecule has 3 nitrogen and oxygen atoms in total. The van der Waals surface area contributed by atoms with Crippen LogP contribution in [-0.4, -0.2) is 15.6 Å². The van der Waals surface area contributed by atoms with Gasteiger partial charge in [0.05, 0.1) is 11.0 Å². The lowest BCUT2D eigenvalue weighted by atomic mass is 9.84. The molecule has 2 N–H and O–H groups in total. The zero-order valence-electron chi connectivity index (χ0n) is 10.8. The third-order valence-corrected chi connectivity index (χ3v) is 4.38. The number of hydrogen-bond donors (Lipinski definition) is 1. The van der Waals surface area contributed by atoms with Gasteiger partial charge in [-0.15, -0.1) is 0 Å². The summed E-state index contributed by atoms with van der Waals surface area (Å²) < 4.78 is 15.3. The van der Waals surface area contributed by atoms with Gasteiger partial charge in [-0.05, 0) is 31.0 Å². The molecule has 96 valence electrons. The van der Waals surface area contributed by atoms with Crippen LogP contribution in [-0.2, 0) is 12.5 Å². The molecule has 3 rings (SSSR count). The highest BCUT2D eigenvalue weighted by molar-refractivity contribution is 5.76. The molecular weight excluding hydrogens is 229 g/mol. The molecule has 0 amide bonds. The Hall–Kier alpha value is -1.42. The first-order chi connectivity index (χ1) is 8.52. The molecule has 1 saturated carbocycles. The van der Waals surface area contributed by atoms with Gasteiger partial charge < -0.3 is 10.3 Å². The Morgan fingerprint density at radius 2 is 2.28 bits per heavy atom. The van der Waals surface area contributed by atoms with Gasteiger partial charge in [0.2, 0.25) is 0 Å². The number of fused-ring (bicyclic) bond motifs is 1. The van der Waals surface area contributed by atoms with Crippen molar-refractivity contribution in [2.24, 2.45) is 12.8 Å². The summed E-state index contributed by atoms with van der Waals surface area (Å²) in [4.78, 5) is 4.67. The Bertz CT molecular complexity index is 604. The maximum atomic E-state index is 13.3. The standard InChI is InChI=1S/C14H18FN3/c1-14(7-3-4-12(14)16)13-17-10-6-5-9(15)8-11(10)18(13)2/h5-6,8,12H,3-4,7,16H2,1-2H3. The van der Waals surface area contributed by atoms with Crippen molar-refractivity contribution in [1.29, 1.82) is 0 Å². The molecule has 18 heavy (non-hydrogen) atoms. The van der Waals surface area contributed by atoms with E-state index in [1.165, 1.54) is 12.1 Å². The molecule has 1 aliphatic rings. The highest BCUT2D eigenvalue weighted by atomic mass is 19.1. The van der Waals surface area contributed by atoms with Crippen molar-refractivity contribution in [3.05, 3.63) is 29.8 Å². The van der Waals surface area contributed by atoms with E-state index in [2.05, 4.69) is 11.9 Å². The first kappa shape index (κ1) is 11.7. The molecule has 0 aliphatic heterocycles. The van der Waals surface area contributed by atoms with Gasteiger partial charge in [0, 0.05) is 18.5 Å². The van der Waals surface area contributed by atoms with Crippen LogP contribution in [0.5, 0.6) is 0 Å². The number of benzene rings is 1. The number of nitrogens with two attached hydrogens (primary N) is 1. The Kier molecular flexibility index (Phi) is 2.45. The average Bonchev–Trinajstić information content (AvgIpc) is 2.83. The van der Waals surface area contributed by atoms with Gasteiger partial charge in [-0.3, -0.25) is 0 Å². The molecule has 4 heteroatoms. The summed E-state index contributed by atoms with van der Waals surface area (Å²) in [5.41, 5.74) is 7.83. The van der Waals surface area contributed by atoms with Crippen LogP contribution >= 0.6 is 0 Å². The van der Waals surface area contributed by atoms with E-state index in [9.17, 15) is 4.39 Å². The smallest absolute Gasteiger partial charge is 0.125 e. The minimum Gasteiger partial charge on any atom is -0.331 e. The van der Waals surface area contributed by atoms with Crippen molar-refractivity contribution in [2.75, 3.05) is 0 Å². The van der Waals surface area contributed by atoms with Crippen molar-refractivity contribution in [2.45, 2.75) is 37.6 Å². The predicted molar refractivity (Wildman–Crippen MR) is 69.9 cm³/mol. The second kappa shape index (κ2) is 3.79. The van der Waals surface area contributed by atoms with Crippen LogP contribution in [0.15, 0.2) is 18.2 Å². The van der Waals surface area contributed by atoms with Crippen LogP contribution in [0.1, 0.15) is 32.0 Å². The molecule has 1 heterocycles. The second-order valence-electron chi connectivity index (χ2n) is 5.54. The minimum absolute atomic E-state index is 0.0930. The third kappa shape index (κ3) is 1.48. The van der Waals surface area contributed by atoms with Crippen LogP contribution in [0.4, 0.5) is 4.39 Å². The van der Waals surface area contributed by atoms with Crippen LogP contribution in [0.3, 0.4) is 0 Å². The van der Waals surface area contributed by atoms with E-state index in [0.717, 1.165) is 36.1 Å². The van der Waals surface area contributed by atoms with Gasteiger partial charge in [-0.2, -0.15) is 0 Å². The van der Waals surface area contributed by atoms with Crippen LogP contribution in [0, 0.1) is 5.82 Å². The lowest BCUT2D eigenvalue weighted by Gasteiger charge is -2.28. The molecule has 0 saturated heterocycles. The normalized spacial score (nSPS) is 28.1. The van der Waals surface area contributed by atoms with E-state index >= 15 is 0 Å². The number of aromatic nitrogens is 2. The molecular formula is C14H18FN3. The minimum atomic E-state index is -0.224. The molecule has 2 unspecified atom stereocenters. The highest BCUT2D eigenvalue weighted by Gasteiger charge is 2.41. The van der Waals surface area contributed by atoms with Crippen molar-refractivity contribution in [3.63, 3.8) is 0 Å². The summed E-state index contributed by atoms with van der Waals surface area (Å²) in [6.07, 6.45) is 3.22. The van der Waals surface area contributed by atoms with Crippen molar-refractivity contribution in [3.8, 4) is 0 Å². The molecule has 2 atom stereocenters. The Labute approximate surface area is 106 Å². The van der Waals surface area contributed by atoms with E-state index in [1.54, 1.807) is 6.07 Å². The lowest BCUT2D eigenvalue weighted by molar-refractivity contribution is 0.395. The van der Waals surface area contributed by atoms with Crippen molar-refractivity contribution < 1.29 is 4.39 Å². The summed E-state index contributed by atoms with van der Waals surface area (Å²) >= 11 is 0. The maximum absolute atomic E-state index is 13.3. The summed E-state index contributed by atoms with van der Waals surface area (Å²) in [6, 6.07) is 4.86. The monoisotopic (exact) mass is 247 g/mol. The summed E-state index contributed by atoms with van der Waals surface area (Å²) in [6.45, 7) is 2.17. The fourth-order valence-electron chi connectivity index (χ4n) is 3.14. The second-order valence-corrected chi connectivity index (χ2v) is 5.54. The Morgan fingerprint density at radius 1 is 1.50 bits per heavy atom. The summed E-state index contributed by atoms with van der Waals surface area (Å²) in [5.74, 6) is 0.756. The average molecular weight is 247 g/mol. The van der Waals surface area contributed by atoms with Gasteiger partial charge in [0.15, 0.2) is 0 Å². The fraction of sp³-hybridized carbons (Fsp3) is 0.500. The van der Waals surface area contributed by atoms with Gasteiger partial charge >= 0.3 is 0 Å². The van der Waals surface area contributed by atoms with E-state index < -0.39 is 0 Å². The molecule has 1 aliphatic carbocycles. The van der Waals surface area contributed by atoms with Gasteiger partial charge in [0.1, 0.15) is 11.6 Å². The molecule has 2 aromatic rings. The van der Waals surface area contributed by atoms with E-state index in [1.807, 2.05) is 11.6 Å². The Balaban J connectivity index is 2.21. The van der Waals surface area contributed by atoms with Gasteiger partial charge in [-0.25, -0.2) is 9.37 Å². The van der Waals surface area contributed by atoms with Gasteiger partial charge in [-0.1, -0.05) is 13.3 Å². The van der Waals surface area contributed by atoms with Crippen LogP contribution in [0.2, 0.25) is 0 Å².